The normalized spacial score (nSPS) is 14.6. The van der Waals surface area contributed by atoms with Gasteiger partial charge in [-0.15, -0.1) is 0 Å². The van der Waals surface area contributed by atoms with Crippen LogP contribution in [-0.2, 0) is 9.53 Å². The number of amides is 1. The summed E-state index contributed by atoms with van der Waals surface area (Å²) in [5, 5.41) is 2.65. The molecule has 0 bridgehead atoms. The number of rotatable bonds is 6. The van der Waals surface area contributed by atoms with E-state index < -0.39 is 12.1 Å². The maximum atomic E-state index is 12.1. The predicted molar refractivity (Wildman–Crippen MR) is 67.8 cm³/mol. The topological polar surface area (TPSA) is 55.4 Å². The average molecular weight is 243 g/mol. The zero-order valence-corrected chi connectivity index (χ0v) is 11.7. The van der Waals surface area contributed by atoms with Crippen molar-refractivity contribution in [2.75, 3.05) is 0 Å². The summed E-state index contributed by atoms with van der Waals surface area (Å²) in [5.74, 6) is 0.0983. The summed E-state index contributed by atoms with van der Waals surface area (Å²) < 4.78 is 4.99. The van der Waals surface area contributed by atoms with Crippen LogP contribution in [0.4, 0.5) is 4.79 Å². The van der Waals surface area contributed by atoms with E-state index in [0.29, 0.717) is 0 Å². The van der Waals surface area contributed by atoms with Gasteiger partial charge in [-0.3, -0.25) is 4.79 Å². The quantitative estimate of drug-likeness (QED) is 0.780. The first-order valence-corrected chi connectivity index (χ1v) is 6.30. The molecule has 0 aromatic heterocycles. The molecule has 0 aromatic carbocycles. The van der Waals surface area contributed by atoms with Gasteiger partial charge < -0.3 is 10.1 Å². The highest BCUT2D eigenvalue weighted by atomic mass is 16.6. The van der Waals surface area contributed by atoms with E-state index in [2.05, 4.69) is 5.32 Å². The molecule has 4 heteroatoms. The van der Waals surface area contributed by atoms with Crippen LogP contribution >= 0.6 is 0 Å². The molecule has 0 aliphatic heterocycles. The Bertz CT molecular complexity index is 261. The Morgan fingerprint density at radius 3 is 2.00 bits per heavy atom. The molecule has 0 saturated heterocycles. The standard InChI is InChI=1S/C13H25NO3/c1-7-10(6)12(15)11(8(2)3)14-13(16)17-9(4)5/h8-11H,7H2,1-6H3,(H,14,16). The molecule has 0 spiro atoms. The van der Waals surface area contributed by atoms with Gasteiger partial charge in [0.2, 0.25) is 0 Å². The van der Waals surface area contributed by atoms with Gasteiger partial charge in [-0.25, -0.2) is 4.79 Å². The zero-order valence-electron chi connectivity index (χ0n) is 11.7. The van der Waals surface area contributed by atoms with Crippen LogP contribution in [0.5, 0.6) is 0 Å². The van der Waals surface area contributed by atoms with Gasteiger partial charge in [-0.2, -0.15) is 0 Å². The van der Waals surface area contributed by atoms with Crippen molar-refractivity contribution in [3.63, 3.8) is 0 Å². The third kappa shape index (κ3) is 5.71. The number of Topliss-reactive ketones (excluding diaryl/α,β-unsaturated/α-hetero) is 1. The summed E-state index contributed by atoms with van der Waals surface area (Å²) in [7, 11) is 0. The lowest BCUT2D eigenvalue weighted by Gasteiger charge is -2.24. The van der Waals surface area contributed by atoms with Gasteiger partial charge in [0.25, 0.3) is 0 Å². The summed E-state index contributed by atoms with van der Waals surface area (Å²) in [4.78, 5) is 23.6. The zero-order chi connectivity index (χ0) is 13.6. The van der Waals surface area contributed by atoms with Gasteiger partial charge in [-0.1, -0.05) is 27.7 Å². The smallest absolute Gasteiger partial charge is 0.407 e. The monoisotopic (exact) mass is 243 g/mol. The van der Waals surface area contributed by atoms with E-state index in [0.717, 1.165) is 6.42 Å². The minimum absolute atomic E-state index is 0.0400. The molecule has 0 heterocycles. The van der Waals surface area contributed by atoms with E-state index in [1.165, 1.54) is 0 Å². The van der Waals surface area contributed by atoms with Crippen LogP contribution in [0.3, 0.4) is 0 Å². The molecule has 0 fully saturated rings. The molecule has 0 aromatic rings. The second-order valence-electron chi connectivity index (χ2n) is 5.03. The highest BCUT2D eigenvalue weighted by Gasteiger charge is 2.27. The first-order valence-electron chi connectivity index (χ1n) is 6.30. The number of alkyl carbamates (subject to hydrolysis) is 1. The van der Waals surface area contributed by atoms with Crippen molar-refractivity contribution in [2.45, 2.75) is 60.1 Å². The van der Waals surface area contributed by atoms with Crippen molar-refractivity contribution in [1.29, 1.82) is 0 Å². The van der Waals surface area contributed by atoms with Crippen LogP contribution in [0, 0.1) is 11.8 Å². The largest absolute Gasteiger partial charge is 0.447 e. The maximum Gasteiger partial charge on any atom is 0.407 e. The second-order valence-corrected chi connectivity index (χ2v) is 5.03. The molecule has 0 aliphatic carbocycles. The van der Waals surface area contributed by atoms with Gasteiger partial charge in [0.1, 0.15) is 0 Å². The lowest BCUT2D eigenvalue weighted by Crippen LogP contribution is -2.47. The average Bonchev–Trinajstić information content (AvgIpc) is 2.22. The molecule has 0 saturated carbocycles. The summed E-state index contributed by atoms with van der Waals surface area (Å²) in [5.41, 5.74) is 0. The molecule has 2 unspecified atom stereocenters. The van der Waals surface area contributed by atoms with Crippen molar-refractivity contribution < 1.29 is 14.3 Å². The van der Waals surface area contributed by atoms with Crippen molar-refractivity contribution in [3.05, 3.63) is 0 Å². The predicted octanol–water partition coefficient (Wildman–Crippen LogP) is 2.76. The molecular weight excluding hydrogens is 218 g/mol. The van der Waals surface area contributed by atoms with E-state index in [1.807, 2.05) is 27.7 Å². The summed E-state index contributed by atoms with van der Waals surface area (Å²) in [6, 6.07) is -0.462. The van der Waals surface area contributed by atoms with E-state index in [-0.39, 0.29) is 23.7 Å². The van der Waals surface area contributed by atoms with E-state index in [1.54, 1.807) is 13.8 Å². The van der Waals surface area contributed by atoms with Gasteiger partial charge in [-0.05, 0) is 26.2 Å². The van der Waals surface area contributed by atoms with Crippen molar-refractivity contribution in [1.82, 2.24) is 5.32 Å². The number of ketones is 1. The minimum Gasteiger partial charge on any atom is -0.447 e. The summed E-state index contributed by atoms with van der Waals surface area (Å²) in [6.45, 7) is 11.2. The van der Waals surface area contributed by atoms with Crippen molar-refractivity contribution in [2.24, 2.45) is 11.8 Å². The van der Waals surface area contributed by atoms with Crippen LogP contribution in [0.1, 0.15) is 48.0 Å². The Balaban J connectivity index is 4.54. The van der Waals surface area contributed by atoms with Gasteiger partial charge in [0, 0.05) is 5.92 Å². The van der Waals surface area contributed by atoms with Crippen molar-refractivity contribution >= 4 is 11.9 Å². The first-order chi connectivity index (χ1) is 7.79. The lowest BCUT2D eigenvalue weighted by molar-refractivity contribution is -0.125. The molecule has 0 radical (unpaired) electrons. The Kier molecular flexibility index (Phi) is 6.85. The van der Waals surface area contributed by atoms with E-state index in [9.17, 15) is 9.59 Å². The van der Waals surface area contributed by atoms with Crippen LogP contribution in [0.2, 0.25) is 0 Å². The third-order valence-electron chi connectivity index (χ3n) is 2.69. The Hall–Kier alpha value is -1.06. The second kappa shape index (κ2) is 7.30. The van der Waals surface area contributed by atoms with Crippen LogP contribution in [0.25, 0.3) is 0 Å². The molecule has 1 N–H and O–H groups in total. The van der Waals surface area contributed by atoms with Gasteiger partial charge >= 0.3 is 6.09 Å². The Morgan fingerprint density at radius 2 is 1.65 bits per heavy atom. The van der Waals surface area contributed by atoms with Crippen molar-refractivity contribution in [3.8, 4) is 0 Å². The summed E-state index contributed by atoms with van der Waals surface area (Å²) >= 11 is 0. The highest BCUT2D eigenvalue weighted by Crippen LogP contribution is 2.12. The highest BCUT2D eigenvalue weighted by molar-refractivity contribution is 5.89. The van der Waals surface area contributed by atoms with E-state index >= 15 is 0 Å². The molecule has 0 aliphatic rings. The number of hydrogen-bond donors (Lipinski definition) is 1. The third-order valence-corrected chi connectivity index (χ3v) is 2.69. The molecule has 17 heavy (non-hydrogen) atoms. The molecule has 100 valence electrons. The van der Waals surface area contributed by atoms with Crippen LogP contribution < -0.4 is 5.32 Å². The molecule has 2 atom stereocenters. The van der Waals surface area contributed by atoms with Crippen LogP contribution in [-0.4, -0.2) is 24.0 Å². The maximum absolute atomic E-state index is 12.1. The minimum atomic E-state index is -0.518. The molecule has 4 nitrogen and oxygen atoms in total. The number of ether oxygens (including phenoxy) is 1. The van der Waals surface area contributed by atoms with Crippen LogP contribution in [0.15, 0.2) is 0 Å². The number of nitrogens with one attached hydrogen (secondary N) is 1. The molecule has 0 rings (SSSR count). The SMILES string of the molecule is CCC(C)C(=O)C(NC(=O)OC(C)C)C(C)C. The molecule has 1 amide bonds. The fraction of sp³-hybridized carbons (Fsp3) is 0.846. The Morgan fingerprint density at radius 1 is 1.12 bits per heavy atom. The fourth-order valence-corrected chi connectivity index (χ4v) is 1.45. The fourth-order valence-electron chi connectivity index (χ4n) is 1.45. The summed E-state index contributed by atoms with van der Waals surface area (Å²) in [6.07, 6.45) is 0.0834. The molecular formula is C13H25NO3. The number of carbonyl (C=O) groups is 2. The van der Waals surface area contributed by atoms with E-state index in [4.69, 9.17) is 4.74 Å². The lowest BCUT2D eigenvalue weighted by atomic mass is 9.91. The number of hydrogen-bond acceptors (Lipinski definition) is 3. The number of carbonyl (C=O) groups excluding carboxylic acids is 2. The first kappa shape index (κ1) is 15.9. The Labute approximate surface area is 104 Å². The van der Waals surface area contributed by atoms with Gasteiger partial charge in [0.15, 0.2) is 5.78 Å². The van der Waals surface area contributed by atoms with Gasteiger partial charge in [0.05, 0.1) is 12.1 Å².